The van der Waals surface area contributed by atoms with Crippen molar-refractivity contribution in [2.75, 3.05) is 32.1 Å². The van der Waals surface area contributed by atoms with E-state index in [1.165, 1.54) is 5.56 Å². The zero-order chi connectivity index (χ0) is 20.6. The molecule has 0 spiro atoms. The highest BCUT2D eigenvalue weighted by Crippen LogP contribution is 2.25. The molecule has 0 radical (unpaired) electrons. The van der Waals surface area contributed by atoms with Gasteiger partial charge in [-0.15, -0.1) is 24.0 Å². The fourth-order valence-electron chi connectivity index (χ4n) is 3.55. The van der Waals surface area contributed by atoms with Crippen LogP contribution >= 0.6 is 24.0 Å². The molecule has 162 valence electrons. The third-order valence-corrected chi connectivity index (χ3v) is 5.25. The quantitative estimate of drug-likeness (QED) is 0.329. The van der Waals surface area contributed by atoms with E-state index in [9.17, 15) is 4.79 Å². The van der Waals surface area contributed by atoms with Gasteiger partial charge in [0.15, 0.2) is 5.96 Å². The van der Waals surface area contributed by atoms with Gasteiger partial charge >= 0.3 is 0 Å². The molecule has 1 atom stereocenters. The molecule has 1 amide bonds. The number of guanidine groups is 1. The number of hydrogen-bond acceptors (Lipinski definition) is 3. The van der Waals surface area contributed by atoms with Crippen LogP contribution in [0.4, 0.5) is 5.69 Å². The molecule has 1 heterocycles. The first kappa shape index (κ1) is 24.0. The van der Waals surface area contributed by atoms with E-state index in [0.717, 1.165) is 42.5 Å². The maximum absolute atomic E-state index is 11.9. The zero-order valence-corrected chi connectivity index (χ0v) is 20.2. The van der Waals surface area contributed by atoms with E-state index in [1.54, 1.807) is 14.2 Å². The molecular formula is C23H31IN4O2. The average Bonchev–Trinajstić information content (AvgIpc) is 3.19. The van der Waals surface area contributed by atoms with E-state index in [1.807, 2.05) is 35.2 Å². The summed E-state index contributed by atoms with van der Waals surface area (Å²) in [7, 11) is 3.47. The minimum absolute atomic E-state index is 0. The van der Waals surface area contributed by atoms with Gasteiger partial charge in [0.05, 0.1) is 7.11 Å². The van der Waals surface area contributed by atoms with Crippen LogP contribution in [0.3, 0.4) is 0 Å². The molecule has 7 heteroatoms. The second-order valence-electron chi connectivity index (χ2n) is 7.27. The van der Waals surface area contributed by atoms with Crippen LogP contribution in [0.2, 0.25) is 0 Å². The molecule has 2 N–H and O–H groups in total. The highest BCUT2D eigenvalue weighted by molar-refractivity contribution is 14.0. The monoisotopic (exact) mass is 522 g/mol. The van der Waals surface area contributed by atoms with Crippen molar-refractivity contribution >= 4 is 41.5 Å². The van der Waals surface area contributed by atoms with Crippen molar-refractivity contribution in [3.8, 4) is 5.75 Å². The molecule has 0 bridgehead atoms. The highest BCUT2D eigenvalue weighted by atomic mass is 127. The predicted octanol–water partition coefficient (Wildman–Crippen LogP) is 3.91. The molecule has 3 rings (SSSR count). The number of carbonyl (C=O) groups excluding carboxylic acids is 1. The first-order valence-electron chi connectivity index (χ1n) is 10.1. The summed E-state index contributed by atoms with van der Waals surface area (Å²) in [4.78, 5) is 18.0. The summed E-state index contributed by atoms with van der Waals surface area (Å²) >= 11 is 0. The number of nitrogens with zero attached hydrogens (tertiary/aromatic N) is 2. The van der Waals surface area contributed by atoms with Crippen LogP contribution in [0.1, 0.15) is 36.8 Å². The summed E-state index contributed by atoms with van der Waals surface area (Å²) in [6, 6.07) is 16.2. The number of ether oxygens (including phenoxy) is 1. The SMILES string of the molecule is CN=C(NCc1ccc(N2CCCC2=O)cc1)NCC(C)c1ccccc1OC.I. The van der Waals surface area contributed by atoms with Crippen molar-refractivity contribution in [3.05, 3.63) is 59.7 Å². The molecule has 1 saturated heterocycles. The Hall–Kier alpha value is -2.29. The van der Waals surface area contributed by atoms with Gasteiger partial charge < -0.3 is 20.3 Å². The summed E-state index contributed by atoms with van der Waals surface area (Å²) in [6.45, 7) is 4.39. The van der Waals surface area contributed by atoms with Crippen molar-refractivity contribution < 1.29 is 9.53 Å². The number of nitrogens with one attached hydrogen (secondary N) is 2. The van der Waals surface area contributed by atoms with E-state index in [0.29, 0.717) is 13.0 Å². The second-order valence-corrected chi connectivity index (χ2v) is 7.27. The first-order chi connectivity index (χ1) is 14.1. The number of rotatable bonds is 7. The Kier molecular flexibility index (Phi) is 9.42. The Bertz CT molecular complexity index is 855. The summed E-state index contributed by atoms with van der Waals surface area (Å²) in [5.41, 5.74) is 3.29. The van der Waals surface area contributed by atoms with Crippen LogP contribution in [0.25, 0.3) is 0 Å². The Balaban J connectivity index is 0.00000320. The molecule has 1 aliphatic heterocycles. The van der Waals surface area contributed by atoms with Gasteiger partial charge in [0.2, 0.25) is 5.91 Å². The number of hydrogen-bond donors (Lipinski definition) is 2. The Morgan fingerprint density at radius 2 is 1.90 bits per heavy atom. The fourth-order valence-corrected chi connectivity index (χ4v) is 3.55. The summed E-state index contributed by atoms with van der Waals surface area (Å²) < 4.78 is 5.46. The van der Waals surface area contributed by atoms with Crippen molar-refractivity contribution in [2.45, 2.75) is 32.2 Å². The van der Waals surface area contributed by atoms with Gasteiger partial charge in [0.25, 0.3) is 0 Å². The van der Waals surface area contributed by atoms with Crippen LogP contribution in [0.5, 0.6) is 5.75 Å². The Morgan fingerprint density at radius 1 is 1.17 bits per heavy atom. The van der Waals surface area contributed by atoms with Crippen molar-refractivity contribution in [1.29, 1.82) is 0 Å². The number of para-hydroxylation sites is 1. The number of methoxy groups -OCH3 is 1. The van der Waals surface area contributed by atoms with Crippen molar-refractivity contribution in [3.63, 3.8) is 0 Å². The van der Waals surface area contributed by atoms with Crippen LogP contribution in [-0.2, 0) is 11.3 Å². The first-order valence-corrected chi connectivity index (χ1v) is 10.1. The molecule has 2 aromatic rings. The lowest BCUT2D eigenvalue weighted by Gasteiger charge is -2.19. The Morgan fingerprint density at radius 3 is 2.53 bits per heavy atom. The van der Waals surface area contributed by atoms with E-state index in [4.69, 9.17) is 4.74 Å². The number of amides is 1. The molecule has 0 aliphatic carbocycles. The number of benzene rings is 2. The number of halogens is 1. The van der Waals surface area contributed by atoms with Crippen LogP contribution in [0, 0.1) is 0 Å². The van der Waals surface area contributed by atoms with Gasteiger partial charge in [-0.25, -0.2) is 0 Å². The smallest absolute Gasteiger partial charge is 0.227 e. The molecule has 0 aromatic heterocycles. The predicted molar refractivity (Wildman–Crippen MR) is 133 cm³/mol. The normalized spacial score (nSPS) is 14.8. The van der Waals surface area contributed by atoms with E-state index in [2.05, 4.69) is 40.7 Å². The van der Waals surface area contributed by atoms with Crippen LogP contribution < -0.4 is 20.3 Å². The largest absolute Gasteiger partial charge is 0.496 e. The van der Waals surface area contributed by atoms with Gasteiger partial charge in [0.1, 0.15) is 5.75 Å². The molecule has 1 fully saturated rings. The minimum atomic E-state index is 0. The average molecular weight is 522 g/mol. The summed E-state index contributed by atoms with van der Waals surface area (Å²) in [6.07, 6.45) is 1.59. The van der Waals surface area contributed by atoms with Crippen molar-refractivity contribution in [2.24, 2.45) is 4.99 Å². The van der Waals surface area contributed by atoms with Gasteiger partial charge in [-0.2, -0.15) is 0 Å². The molecule has 1 aliphatic rings. The van der Waals surface area contributed by atoms with E-state index >= 15 is 0 Å². The molecule has 0 saturated carbocycles. The number of aliphatic imine (C=N–C) groups is 1. The topological polar surface area (TPSA) is 66.0 Å². The third-order valence-electron chi connectivity index (χ3n) is 5.25. The second kappa shape index (κ2) is 11.8. The maximum atomic E-state index is 11.9. The summed E-state index contributed by atoms with van der Waals surface area (Å²) in [5, 5.41) is 6.73. The molecule has 6 nitrogen and oxygen atoms in total. The van der Waals surface area contributed by atoms with Crippen LogP contribution in [-0.4, -0.2) is 39.1 Å². The van der Waals surface area contributed by atoms with Gasteiger partial charge in [-0.05, 0) is 35.7 Å². The van der Waals surface area contributed by atoms with Gasteiger partial charge in [0, 0.05) is 44.7 Å². The van der Waals surface area contributed by atoms with Gasteiger partial charge in [-0.1, -0.05) is 37.3 Å². The maximum Gasteiger partial charge on any atom is 0.227 e. The van der Waals surface area contributed by atoms with Crippen molar-refractivity contribution in [1.82, 2.24) is 10.6 Å². The lowest BCUT2D eigenvalue weighted by molar-refractivity contribution is -0.117. The lowest BCUT2D eigenvalue weighted by atomic mass is 10.0. The van der Waals surface area contributed by atoms with Crippen LogP contribution in [0.15, 0.2) is 53.5 Å². The fraction of sp³-hybridized carbons (Fsp3) is 0.391. The number of anilines is 1. The molecule has 2 aromatic carbocycles. The van der Waals surface area contributed by atoms with Gasteiger partial charge in [-0.3, -0.25) is 9.79 Å². The lowest BCUT2D eigenvalue weighted by Crippen LogP contribution is -2.38. The summed E-state index contributed by atoms with van der Waals surface area (Å²) in [5.74, 6) is 2.15. The number of carbonyl (C=O) groups is 1. The Labute approximate surface area is 196 Å². The molecular weight excluding hydrogens is 491 g/mol. The van der Waals surface area contributed by atoms with E-state index in [-0.39, 0.29) is 35.8 Å². The minimum Gasteiger partial charge on any atom is -0.496 e. The molecule has 1 unspecified atom stereocenters. The van der Waals surface area contributed by atoms with E-state index < -0.39 is 0 Å². The highest BCUT2D eigenvalue weighted by Gasteiger charge is 2.21. The molecule has 30 heavy (non-hydrogen) atoms. The zero-order valence-electron chi connectivity index (χ0n) is 17.9. The standard InChI is InChI=1S/C23H30N4O2.HI/c1-17(20-7-4-5-8-21(20)29-3)15-25-23(24-2)26-16-18-10-12-19(13-11-18)27-14-6-9-22(27)28;/h4-5,7-8,10-13,17H,6,9,14-16H2,1-3H3,(H2,24,25,26);1H. The third kappa shape index (κ3) is 6.10.